The molecule has 1 aliphatic heterocycles. The van der Waals surface area contributed by atoms with Gasteiger partial charge in [-0.3, -0.25) is 0 Å². The van der Waals surface area contributed by atoms with E-state index < -0.39 is 0 Å². The standard InChI is InChI=1S/C51H37NS2/c1-51(2)43-16-7-6-14-40(43)49-42(39-15-9-17-46-50(39)54-29-28-53-46)30-38(31-44(49)51)52(37-24-20-33(21-25-37)32-10-4-3-5-11-32)45-27-23-36-19-18-34-12-8-13-35-22-26-41(45)48(36)47(34)35/h3-27,30-31H,28-29H2,1-2H3. The maximum Gasteiger partial charge on any atom is 0.0540 e. The molecule has 3 heteroatoms. The van der Waals surface area contributed by atoms with Crippen LogP contribution in [0.3, 0.4) is 0 Å². The highest BCUT2D eigenvalue weighted by molar-refractivity contribution is 8.05. The van der Waals surface area contributed by atoms with E-state index in [-0.39, 0.29) is 5.41 Å². The van der Waals surface area contributed by atoms with E-state index in [1.807, 2.05) is 23.5 Å². The molecule has 54 heavy (non-hydrogen) atoms. The van der Waals surface area contributed by atoms with E-state index in [2.05, 4.69) is 183 Å². The summed E-state index contributed by atoms with van der Waals surface area (Å²) in [7, 11) is 0. The van der Waals surface area contributed by atoms with Crippen molar-refractivity contribution in [2.45, 2.75) is 29.1 Å². The van der Waals surface area contributed by atoms with Gasteiger partial charge in [0.15, 0.2) is 0 Å². The highest BCUT2D eigenvalue weighted by Crippen LogP contribution is 2.56. The fraction of sp³-hybridized carbons (Fsp3) is 0.0980. The molecule has 0 unspecified atom stereocenters. The Balaban J connectivity index is 1.22. The van der Waals surface area contributed by atoms with Gasteiger partial charge in [0.2, 0.25) is 0 Å². The van der Waals surface area contributed by atoms with Crippen LogP contribution in [0.4, 0.5) is 17.1 Å². The number of benzene rings is 9. The smallest absolute Gasteiger partial charge is 0.0540 e. The summed E-state index contributed by atoms with van der Waals surface area (Å²) in [5, 5.41) is 7.76. The molecule has 1 aliphatic carbocycles. The zero-order chi connectivity index (χ0) is 36.0. The molecule has 9 aromatic rings. The zero-order valence-electron chi connectivity index (χ0n) is 30.3. The molecule has 2 aliphatic rings. The second kappa shape index (κ2) is 12.3. The molecule has 0 fully saturated rings. The van der Waals surface area contributed by atoms with Crippen LogP contribution in [0.15, 0.2) is 174 Å². The molecular formula is C51H37NS2. The second-order valence-corrected chi connectivity index (χ2v) is 17.3. The van der Waals surface area contributed by atoms with Crippen LogP contribution in [0, 0.1) is 0 Å². The molecule has 0 N–H and O–H groups in total. The first-order chi connectivity index (χ1) is 26.5. The summed E-state index contributed by atoms with van der Waals surface area (Å²) in [5.41, 5.74) is 13.9. The van der Waals surface area contributed by atoms with Gasteiger partial charge in [-0.1, -0.05) is 141 Å². The third kappa shape index (κ3) is 4.81. The number of thioether (sulfide) groups is 2. The number of hydrogen-bond acceptors (Lipinski definition) is 3. The van der Waals surface area contributed by atoms with E-state index in [1.54, 1.807) is 0 Å². The summed E-state index contributed by atoms with van der Waals surface area (Å²) in [6.45, 7) is 4.82. The van der Waals surface area contributed by atoms with Gasteiger partial charge in [-0.05, 0) is 108 Å². The first-order valence-electron chi connectivity index (χ1n) is 18.8. The molecular weight excluding hydrogens is 691 g/mol. The monoisotopic (exact) mass is 727 g/mol. The lowest BCUT2D eigenvalue weighted by Gasteiger charge is -2.31. The van der Waals surface area contributed by atoms with E-state index in [0.717, 1.165) is 17.2 Å². The van der Waals surface area contributed by atoms with Crippen LogP contribution in [0.1, 0.15) is 25.0 Å². The van der Waals surface area contributed by atoms with Crippen molar-refractivity contribution in [2.75, 3.05) is 16.4 Å². The van der Waals surface area contributed by atoms with Crippen molar-refractivity contribution >= 4 is 72.9 Å². The zero-order valence-corrected chi connectivity index (χ0v) is 31.9. The molecule has 0 atom stereocenters. The summed E-state index contributed by atoms with van der Waals surface area (Å²) >= 11 is 4.01. The molecule has 0 amide bonds. The van der Waals surface area contributed by atoms with Gasteiger partial charge in [0, 0.05) is 43.5 Å². The molecule has 0 radical (unpaired) electrons. The number of nitrogens with zero attached hydrogens (tertiary/aromatic N) is 1. The predicted molar refractivity (Wildman–Crippen MR) is 235 cm³/mol. The van der Waals surface area contributed by atoms with Crippen molar-refractivity contribution in [3.63, 3.8) is 0 Å². The van der Waals surface area contributed by atoms with Crippen LogP contribution in [0.25, 0.3) is 65.7 Å². The highest BCUT2D eigenvalue weighted by atomic mass is 32.2. The third-order valence-corrected chi connectivity index (χ3v) is 14.3. The summed E-state index contributed by atoms with van der Waals surface area (Å²) in [4.78, 5) is 5.34. The third-order valence-electron chi connectivity index (χ3n) is 11.8. The van der Waals surface area contributed by atoms with Crippen molar-refractivity contribution in [3.05, 3.63) is 175 Å². The number of anilines is 3. The average molecular weight is 728 g/mol. The Bertz CT molecular complexity index is 2890. The maximum absolute atomic E-state index is 2.53. The van der Waals surface area contributed by atoms with Gasteiger partial charge in [-0.15, -0.1) is 23.5 Å². The van der Waals surface area contributed by atoms with Crippen LogP contribution in [0.5, 0.6) is 0 Å². The lowest BCUT2D eigenvalue weighted by molar-refractivity contribution is 0.660. The van der Waals surface area contributed by atoms with E-state index in [1.165, 1.54) is 98.0 Å². The van der Waals surface area contributed by atoms with E-state index in [4.69, 9.17) is 0 Å². The molecule has 0 saturated heterocycles. The molecule has 11 rings (SSSR count). The number of hydrogen-bond donors (Lipinski definition) is 0. The maximum atomic E-state index is 2.53. The first kappa shape index (κ1) is 32.0. The fourth-order valence-corrected chi connectivity index (χ4v) is 11.6. The number of rotatable bonds is 5. The van der Waals surface area contributed by atoms with Crippen LogP contribution >= 0.6 is 23.5 Å². The predicted octanol–water partition coefficient (Wildman–Crippen LogP) is 14.9. The molecule has 0 aromatic heterocycles. The Labute approximate surface area is 325 Å². The van der Waals surface area contributed by atoms with Crippen molar-refractivity contribution in [2.24, 2.45) is 0 Å². The van der Waals surface area contributed by atoms with Gasteiger partial charge in [0.25, 0.3) is 0 Å². The summed E-state index contributed by atoms with van der Waals surface area (Å²) in [6.07, 6.45) is 0. The van der Waals surface area contributed by atoms with Crippen LogP contribution in [-0.4, -0.2) is 11.5 Å². The molecule has 0 saturated carbocycles. The average Bonchev–Trinajstić information content (AvgIpc) is 3.46. The molecule has 9 aromatic carbocycles. The Hall–Kier alpha value is -5.48. The lowest BCUT2D eigenvalue weighted by atomic mass is 9.81. The van der Waals surface area contributed by atoms with Crippen molar-refractivity contribution in [3.8, 4) is 33.4 Å². The highest BCUT2D eigenvalue weighted by Gasteiger charge is 2.38. The molecule has 0 spiro atoms. The molecule has 1 heterocycles. The number of fused-ring (bicyclic) bond motifs is 4. The SMILES string of the molecule is CC1(C)c2ccccc2-c2c(-c3cccc4c3SCCS4)cc(N(c3ccc(-c4ccccc4)cc3)c3ccc4ccc5cccc6ccc3c4c56)cc21. The molecule has 258 valence electrons. The van der Waals surface area contributed by atoms with E-state index in [0.29, 0.717) is 0 Å². The largest absolute Gasteiger partial charge is 0.310 e. The Morgan fingerprint density at radius 3 is 1.98 bits per heavy atom. The molecule has 0 bridgehead atoms. The minimum absolute atomic E-state index is 0.168. The van der Waals surface area contributed by atoms with Gasteiger partial charge >= 0.3 is 0 Å². The first-order valence-corrected chi connectivity index (χ1v) is 20.8. The quantitative estimate of drug-likeness (QED) is 0.163. The van der Waals surface area contributed by atoms with Crippen molar-refractivity contribution in [1.82, 2.24) is 0 Å². The Morgan fingerprint density at radius 2 is 1.15 bits per heavy atom. The van der Waals surface area contributed by atoms with Gasteiger partial charge in [0.05, 0.1) is 5.69 Å². The van der Waals surface area contributed by atoms with E-state index in [9.17, 15) is 0 Å². The van der Waals surface area contributed by atoms with E-state index >= 15 is 0 Å². The summed E-state index contributed by atoms with van der Waals surface area (Å²) in [6, 6.07) is 61.4. The Morgan fingerprint density at radius 1 is 0.481 bits per heavy atom. The van der Waals surface area contributed by atoms with Crippen LogP contribution in [0.2, 0.25) is 0 Å². The minimum atomic E-state index is -0.168. The minimum Gasteiger partial charge on any atom is -0.310 e. The topological polar surface area (TPSA) is 3.24 Å². The summed E-state index contributed by atoms with van der Waals surface area (Å²) in [5.74, 6) is 2.28. The Kier molecular flexibility index (Phi) is 7.27. The van der Waals surface area contributed by atoms with Crippen LogP contribution < -0.4 is 4.90 Å². The van der Waals surface area contributed by atoms with Gasteiger partial charge in [-0.2, -0.15) is 0 Å². The van der Waals surface area contributed by atoms with Gasteiger partial charge in [-0.25, -0.2) is 0 Å². The van der Waals surface area contributed by atoms with Crippen molar-refractivity contribution < 1.29 is 0 Å². The summed E-state index contributed by atoms with van der Waals surface area (Å²) < 4.78 is 0. The van der Waals surface area contributed by atoms with Gasteiger partial charge < -0.3 is 4.90 Å². The fourth-order valence-electron chi connectivity index (χ4n) is 9.20. The molecule has 1 nitrogen and oxygen atoms in total. The lowest BCUT2D eigenvalue weighted by Crippen LogP contribution is -2.17. The van der Waals surface area contributed by atoms with Crippen molar-refractivity contribution in [1.29, 1.82) is 0 Å². The normalized spacial score (nSPS) is 14.3. The van der Waals surface area contributed by atoms with Gasteiger partial charge in [0.1, 0.15) is 0 Å². The van der Waals surface area contributed by atoms with Crippen LogP contribution in [-0.2, 0) is 5.41 Å². The second-order valence-electron chi connectivity index (χ2n) is 15.1.